The lowest BCUT2D eigenvalue weighted by Crippen LogP contribution is -2.50. The average molecular weight is 683 g/mol. The van der Waals surface area contributed by atoms with Crippen molar-refractivity contribution in [2.75, 3.05) is 7.11 Å². The van der Waals surface area contributed by atoms with Crippen LogP contribution in [0.25, 0.3) is 21.2 Å². The number of aldehydes is 1. The second kappa shape index (κ2) is 14.0. The number of methoxy groups -OCH3 is 1. The minimum absolute atomic E-state index is 0.0203. The smallest absolute Gasteiger partial charge is 0.404 e. The Labute approximate surface area is 281 Å². The summed E-state index contributed by atoms with van der Waals surface area (Å²) in [5, 5.41) is 12.0. The number of thiophene rings is 1. The summed E-state index contributed by atoms with van der Waals surface area (Å²) in [5.74, 6) is -1.20. The van der Waals surface area contributed by atoms with Gasteiger partial charge >= 0.3 is 6.09 Å². The van der Waals surface area contributed by atoms with Crippen LogP contribution in [0.15, 0.2) is 54.6 Å². The van der Waals surface area contributed by atoms with Crippen molar-refractivity contribution in [1.82, 2.24) is 10.2 Å². The number of ether oxygens (including phenoxy) is 1. The number of nitrogens with one attached hydrogen (secondary N) is 1. The van der Waals surface area contributed by atoms with E-state index in [2.05, 4.69) is 5.32 Å². The van der Waals surface area contributed by atoms with Gasteiger partial charge in [-0.15, -0.1) is 11.3 Å². The van der Waals surface area contributed by atoms with Gasteiger partial charge in [-0.2, -0.15) is 0 Å². The molecule has 4 aromatic rings. The molecule has 47 heavy (non-hydrogen) atoms. The number of amides is 2. The van der Waals surface area contributed by atoms with E-state index in [1.807, 2.05) is 51.1 Å². The molecule has 1 fully saturated rings. The molecule has 0 radical (unpaired) electrons. The predicted molar refractivity (Wildman–Crippen MR) is 181 cm³/mol. The molecule has 5 rings (SSSR count). The summed E-state index contributed by atoms with van der Waals surface area (Å²) >= 11 is 7.44. The normalized spacial score (nSPS) is 17.3. The lowest BCUT2D eigenvalue weighted by Gasteiger charge is -2.43. The molecule has 1 aromatic heterocycles. The molecule has 1 atom stereocenters. The molecular weight excluding hydrogens is 646 g/mol. The predicted octanol–water partition coefficient (Wildman–Crippen LogP) is 9.20. The highest BCUT2D eigenvalue weighted by Crippen LogP contribution is 2.42. The molecule has 0 spiro atoms. The van der Waals surface area contributed by atoms with E-state index >= 15 is 0 Å². The van der Waals surface area contributed by atoms with Crippen LogP contribution >= 0.6 is 22.9 Å². The van der Waals surface area contributed by atoms with Crippen LogP contribution in [0.1, 0.15) is 72.0 Å². The number of nitrogens with zero attached hydrogens (tertiary/aromatic N) is 1. The summed E-state index contributed by atoms with van der Waals surface area (Å²) in [7, 11) is 1.55. The molecule has 1 aliphatic rings. The minimum Gasteiger partial charge on any atom is -0.496 e. The highest BCUT2D eigenvalue weighted by Gasteiger charge is 2.39. The maximum absolute atomic E-state index is 14.8. The van der Waals surface area contributed by atoms with E-state index in [9.17, 15) is 28.3 Å². The monoisotopic (exact) mass is 682 g/mol. The Morgan fingerprint density at radius 3 is 2.26 bits per heavy atom. The zero-order valence-corrected chi connectivity index (χ0v) is 28.2. The van der Waals surface area contributed by atoms with E-state index in [4.69, 9.17) is 16.3 Å². The fourth-order valence-electron chi connectivity index (χ4n) is 6.67. The minimum atomic E-state index is -1.07. The summed E-state index contributed by atoms with van der Waals surface area (Å²) in [4.78, 5) is 39.0. The molecule has 0 aliphatic heterocycles. The van der Waals surface area contributed by atoms with Gasteiger partial charge in [-0.1, -0.05) is 62.7 Å². The molecule has 1 aliphatic carbocycles. The molecular formula is C36H37ClF2N2O5S. The molecule has 3 aromatic carbocycles. The molecule has 248 valence electrons. The van der Waals surface area contributed by atoms with Crippen molar-refractivity contribution in [2.24, 2.45) is 11.3 Å². The Morgan fingerprint density at radius 2 is 1.68 bits per heavy atom. The first-order chi connectivity index (χ1) is 22.3. The van der Waals surface area contributed by atoms with E-state index in [1.54, 1.807) is 24.1 Å². The van der Waals surface area contributed by atoms with E-state index in [0.29, 0.717) is 37.0 Å². The van der Waals surface area contributed by atoms with Gasteiger partial charge in [0.2, 0.25) is 0 Å². The maximum Gasteiger partial charge on any atom is 0.404 e. The second-order valence-electron chi connectivity index (χ2n) is 13.0. The number of hydrogen-bond acceptors (Lipinski definition) is 5. The average Bonchev–Trinajstić information content (AvgIpc) is 3.41. The number of carbonyl (C=O) groups is 3. The van der Waals surface area contributed by atoms with Crippen LogP contribution in [-0.2, 0) is 6.54 Å². The Balaban J connectivity index is 1.53. The van der Waals surface area contributed by atoms with Gasteiger partial charge in [0.1, 0.15) is 28.5 Å². The van der Waals surface area contributed by atoms with Crippen molar-refractivity contribution in [3.8, 4) is 16.9 Å². The first kappa shape index (κ1) is 34.3. The van der Waals surface area contributed by atoms with Crippen LogP contribution in [0.5, 0.6) is 5.75 Å². The maximum atomic E-state index is 14.8. The van der Waals surface area contributed by atoms with Gasteiger partial charge in [-0.05, 0) is 72.4 Å². The van der Waals surface area contributed by atoms with Crippen molar-refractivity contribution in [3.05, 3.63) is 87.3 Å². The summed E-state index contributed by atoms with van der Waals surface area (Å²) < 4.78 is 35.3. The van der Waals surface area contributed by atoms with Gasteiger partial charge in [-0.25, -0.2) is 13.6 Å². The SMILES string of the molecule is COc1ccc(-c2ccc(C=O)cc2)cc1CN(C(=O)c1sc2c(F)ccc(F)c2c1Cl)C1CCC(C(NC(=O)O)C(C)(C)C)CC1. The van der Waals surface area contributed by atoms with Crippen LogP contribution in [0.3, 0.4) is 0 Å². The standard InChI is InChI=1S/C36H37ClF2N2O5S/c1-36(2,3)33(40-35(44)45)22-9-12-25(13-10-22)41(34(43)32-30(37)29-26(38)14-15-27(39)31(29)47-32)18-24-17-23(11-16-28(24)46-4)21-7-5-20(19-42)6-8-21/h5-8,11,14-17,19,22,25,33,40H,9-10,12-13,18H2,1-4H3,(H,44,45). The van der Waals surface area contributed by atoms with E-state index in [0.717, 1.165) is 46.4 Å². The van der Waals surface area contributed by atoms with Crippen molar-refractivity contribution < 1.29 is 33.0 Å². The highest BCUT2D eigenvalue weighted by molar-refractivity contribution is 7.21. The number of carbonyl (C=O) groups excluding carboxylic acids is 2. The summed E-state index contributed by atoms with van der Waals surface area (Å²) in [6, 6.07) is 14.3. The Kier molecular flexibility index (Phi) is 10.2. The third-order valence-electron chi connectivity index (χ3n) is 9.00. The van der Waals surface area contributed by atoms with Crippen molar-refractivity contribution >= 4 is 51.3 Å². The lowest BCUT2D eigenvalue weighted by atomic mass is 9.72. The van der Waals surface area contributed by atoms with Gasteiger partial charge in [0, 0.05) is 29.8 Å². The molecule has 0 bridgehead atoms. The van der Waals surface area contributed by atoms with E-state index in [-0.39, 0.29) is 49.9 Å². The topological polar surface area (TPSA) is 95.9 Å². The largest absolute Gasteiger partial charge is 0.496 e. The lowest BCUT2D eigenvalue weighted by molar-refractivity contribution is 0.0543. The van der Waals surface area contributed by atoms with Crippen LogP contribution in [0, 0.1) is 23.0 Å². The van der Waals surface area contributed by atoms with E-state index < -0.39 is 23.6 Å². The number of rotatable bonds is 9. The van der Waals surface area contributed by atoms with Crippen LogP contribution in [-0.4, -0.2) is 47.5 Å². The molecule has 1 heterocycles. The molecule has 2 amide bonds. The molecule has 11 heteroatoms. The fourth-order valence-corrected chi connectivity index (χ4v) is 8.18. The molecule has 2 N–H and O–H groups in total. The molecule has 0 saturated heterocycles. The van der Waals surface area contributed by atoms with Crippen molar-refractivity contribution in [3.63, 3.8) is 0 Å². The van der Waals surface area contributed by atoms with E-state index in [1.165, 1.54) is 0 Å². The van der Waals surface area contributed by atoms with Crippen molar-refractivity contribution in [2.45, 2.75) is 65.1 Å². The van der Waals surface area contributed by atoms with Gasteiger partial charge in [-0.3, -0.25) is 9.59 Å². The molecule has 7 nitrogen and oxygen atoms in total. The highest BCUT2D eigenvalue weighted by atomic mass is 35.5. The Bertz CT molecular complexity index is 1800. The Morgan fingerprint density at radius 1 is 1.04 bits per heavy atom. The summed E-state index contributed by atoms with van der Waals surface area (Å²) in [6.45, 7) is 6.14. The fraction of sp³-hybridized carbons (Fsp3) is 0.361. The number of carboxylic acid groups (broad SMARTS) is 1. The number of hydrogen-bond donors (Lipinski definition) is 2. The quantitative estimate of drug-likeness (QED) is 0.172. The van der Waals surface area contributed by atoms with Gasteiger partial charge in [0.25, 0.3) is 5.91 Å². The number of fused-ring (bicyclic) bond motifs is 1. The number of halogens is 3. The Hall–Kier alpha value is -4.02. The van der Waals surface area contributed by atoms with Crippen LogP contribution in [0.2, 0.25) is 5.02 Å². The van der Waals surface area contributed by atoms with Crippen LogP contribution in [0.4, 0.5) is 13.6 Å². The first-order valence-corrected chi connectivity index (χ1v) is 16.6. The molecule has 1 saturated carbocycles. The summed E-state index contributed by atoms with van der Waals surface area (Å²) in [6.07, 6.45) is 2.21. The van der Waals surface area contributed by atoms with Crippen LogP contribution < -0.4 is 10.1 Å². The van der Waals surface area contributed by atoms with Gasteiger partial charge in [0.05, 0.1) is 22.2 Å². The van der Waals surface area contributed by atoms with Gasteiger partial charge < -0.3 is 20.1 Å². The zero-order chi connectivity index (χ0) is 34.0. The third kappa shape index (κ3) is 7.28. The summed E-state index contributed by atoms with van der Waals surface area (Å²) in [5.41, 5.74) is 2.67. The van der Waals surface area contributed by atoms with Gasteiger partial charge in [0.15, 0.2) is 0 Å². The third-order valence-corrected chi connectivity index (χ3v) is 10.7. The number of benzene rings is 3. The zero-order valence-electron chi connectivity index (χ0n) is 26.6. The first-order valence-electron chi connectivity index (χ1n) is 15.4. The second-order valence-corrected chi connectivity index (χ2v) is 14.4. The molecule has 1 unspecified atom stereocenters. The van der Waals surface area contributed by atoms with Crippen molar-refractivity contribution in [1.29, 1.82) is 0 Å².